The van der Waals surface area contributed by atoms with Gasteiger partial charge in [0.2, 0.25) is 0 Å². The Hall–Kier alpha value is -1.54. The second kappa shape index (κ2) is 5.34. The van der Waals surface area contributed by atoms with Crippen LogP contribution in [0.3, 0.4) is 0 Å². The van der Waals surface area contributed by atoms with Crippen molar-refractivity contribution < 1.29 is 0 Å². The van der Waals surface area contributed by atoms with Crippen LogP contribution in [-0.4, -0.2) is 10.7 Å². The molecule has 2 unspecified atom stereocenters. The van der Waals surface area contributed by atoms with Gasteiger partial charge in [-0.15, -0.1) is 0 Å². The third-order valence-electron chi connectivity index (χ3n) is 4.73. The fourth-order valence-electron chi connectivity index (χ4n) is 3.49. The topological polar surface area (TPSA) is 28.1 Å². The number of aromatic nitrogens is 1. The summed E-state index contributed by atoms with van der Waals surface area (Å²) in [5.41, 5.74) is 6.44. The molecule has 1 aliphatic heterocycles. The van der Waals surface area contributed by atoms with Crippen molar-refractivity contribution in [3.63, 3.8) is 0 Å². The molecule has 2 heterocycles. The maximum absolute atomic E-state index is 6.06. The number of nitrogens with zero attached hydrogens (tertiary/aromatic N) is 1. The number of rotatable bonds is 2. The van der Waals surface area contributed by atoms with Crippen molar-refractivity contribution in [3.8, 4) is 0 Å². The molecule has 110 valence electrons. The van der Waals surface area contributed by atoms with Crippen LogP contribution < -0.4 is 0 Å². The van der Waals surface area contributed by atoms with Crippen molar-refractivity contribution in [2.45, 2.75) is 40.0 Å². The van der Waals surface area contributed by atoms with Crippen LogP contribution in [0.4, 0.5) is 5.82 Å². The van der Waals surface area contributed by atoms with Gasteiger partial charge in [0.05, 0.1) is 0 Å². The van der Waals surface area contributed by atoms with Crippen molar-refractivity contribution in [3.05, 3.63) is 51.7 Å². The first kappa shape index (κ1) is 14.4. The van der Waals surface area contributed by atoms with Gasteiger partial charge in [-0.2, -0.15) is 0 Å². The summed E-state index contributed by atoms with van der Waals surface area (Å²) in [4.78, 5) is 8.25. The Balaban J connectivity index is 2.20. The molecular weight excluding hydrogens is 280 g/mol. The predicted octanol–water partition coefficient (Wildman–Crippen LogP) is 5.55. The van der Waals surface area contributed by atoms with Crippen LogP contribution in [0.25, 0.3) is 0 Å². The molecule has 1 N–H and O–H groups in total. The molecule has 21 heavy (non-hydrogen) atoms. The summed E-state index contributed by atoms with van der Waals surface area (Å²) in [6.45, 7) is 8.70. The Labute approximate surface area is 131 Å². The first-order chi connectivity index (χ1) is 10.0. The second-order valence-electron chi connectivity index (χ2n) is 5.93. The van der Waals surface area contributed by atoms with E-state index >= 15 is 0 Å². The lowest BCUT2D eigenvalue weighted by atomic mass is 9.75. The van der Waals surface area contributed by atoms with E-state index in [0.717, 1.165) is 17.3 Å². The molecule has 1 aliphatic rings. The van der Waals surface area contributed by atoms with Gasteiger partial charge in [0.25, 0.3) is 0 Å². The highest BCUT2D eigenvalue weighted by Crippen LogP contribution is 2.45. The van der Waals surface area contributed by atoms with Crippen molar-refractivity contribution in [1.29, 1.82) is 0 Å². The van der Waals surface area contributed by atoms with Crippen molar-refractivity contribution in [2.24, 2.45) is 10.9 Å². The lowest BCUT2D eigenvalue weighted by Crippen LogP contribution is -2.24. The van der Waals surface area contributed by atoms with Crippen LogP contribution in [0.5, 0.6) is 0 Å². The van der Waals surface area contributed by atoms with E-state index < -0.39 is 0 Å². The average Bonchev–Trinajstić information content (AvgIpc) is 2.73. The second-order valence-corrected chi connectivity index (χ2v) is 6.37. The summed E-state index contributed by atoms with van der Waals surface area (Å²) in [5.74, 6) is 1.85. The van der Waals surface area contributed by atoms with Crippen molar-refractivity contribution >= 4 is 23.1 Å². The number of hydrogen-bond donors (Lipinski definition) is 1. The standard InChI is InChI=1S/C18H21ClN2/c1-5-15-12(4)21-18-16(10(2)11(3)20-18)17(15)13-6-8-14(19)9-7-13/h6-9,15,17,20H,5H2,1-4H3. The van der Waals surface area contributed by atoms with Gasteiger partial charge in [-0.05, 0) is 50.5 Å². The van der Waals surface area contributed by atoms with Crippen LogP contribution in [0, 0.1) is 19.8 Å². The smallest absolute Gasteiger partial charge is 0.134 e. The van der Waals surface area contributed by atoms with E-state index in [0.29, 0.717) is 11.8 Å². The number of H-pyrrole nitrogens is 1. The normalized spacial score (nSPS) is 21.1. The van der Waals surface area contributed by atoms with E-state index in [1.807, 2.05) is 12.1 Å². The van der Waals surface area contributed by atoms with Crippen LogP contribution >= 0.6 is 11.6 Å². The van der Waals surface area contributed by atoms with Crippen LogP contribution in [-0.2, 0) is 0 Å². The molecule has 1 aromatic heterocycles. The van der Waals surface area contributed by atoms with E-state index in [4.69, 9.17) is 16.6 Å². The fraction of sp³-hybridized carbons (Fsp3) is 0.389. The number of halogens is 1. The molecule has 0 fully saturated rings. The number of aryl methyl sites for hydroxylation is 1. The highest BCUT2D eigenvalue weighted by Gasteiger charge is 2.34. The Morgan fingerprint density at radius 1 is 1.14 bits per heavy atom. The molecule has 0 saturated heterocycles. The molecule has 0 bridgehead atoms. The maximum Gasteiger partial charge on any atom is 0.134 e. The Morgan fingerprint density at radius 3 is 2.43 bits per heavy atom. The third kappa shape index (κ3) is 2.32. The minimum Gasteiger partial charge on any atom is -0.344 e. The molecule has 0 radical (unpaired) electrons. The Kier molecular flexibility index (Phi) is 3.66. The van der Waals surface area contributed by atoms with Crippen LogP contribution in [0.15, 0.2) is 29.3 Å². The molecule has 0 saturated carbocycles. The number of fused-ring (bicyclic) bond motifs is 1. The molecule has 0 spiro atoms. The summed E-state index contributed by atoms with van der Waals surface area (Å²) in [6.07, 6.45) is 1.09. The lowest BCUT2D eigenvalue weighted by molar-refractivity contribution is 0.573. The molecule has 3 rings (SSSR count). The SMILES string of the molecule is CCC1C(C)=Nc2[nH]c(C)c(C)c2C1c1ccc(Cl)cc1. The molecule has 3 heteroatoms. The van der Waals surface area contributed by atoms with E-state index in [2.05, 4.69) is 44.8 Å². The summed E-state index contributed by atoms with van der Waals surface area (Å²) < 4.78 is 0. The first-order valence-corrected chi connectivity index (χ1v) is 7.90. The van der Waals surface area contributed by atoms with Gasteiger partial charge in [-0.3, -0.25) is 0 Å². The minimum absolute atomic E-state index is 0.365. The molecular formula is C18H21ClN2. The monoisotopic (exact) mass is 300 g/mol. The molecule has 2 aromatic rings. The summed E-state index contributed by atoms with van der Waals surface area (Å²) >= 11 is 6.06. The minimum atomic E-state index is 0.365. The number of aliphatic imine (C=N–C) groups is 1. The van der Waals surface area contributed by atoms with Crippen molar-refractivity contribution in [2.75, 3.05) is 0 Å². The molecule has 1 aromatic carbocycles. The van der Waals surface area contributed by atoms with Crippen LogP contribution in [0.1, 0.15) is 48.6 Å². The van der Waals surface area contributed by atoms with Gasteiger partial charge in [0.1, 0.15) is 5.82 Å². The highest BCUT2D eigenvalue weighted by molar-refractivity contribution is 6.30. The summed E-state index contributed by atoms with van der Waals surface area (Å²) in [5, 5.41) is 0.787. The van der Waals surface area contributed by atoms with Crippen molar-refractivity contribution in [1.82, 2.24) is 4.98 Å². The number of hydrogen-bond acceptors (Lipinski definition) is 1. The Bertz CT molecular complexity index is 695. The van der Waals surface area contributed by atoms with Gasteiger partial charge < -0.3 is 4.98 Å². The molecule has 0 amide bonds. The zero-order valence-corrected chi connectivity index (χ0v) is 13.8. The molecule has 2 atom stereocenters. The summed E-state index contributed by atoms with van der Waals surface area (Å²) in [6, 6.07) is 8.28. The summed E-state index contributed by atoms with van der Waals surface area (Å²) in [7, 11) is 0. The van der Waals surface area contributed by atoms with E-state index in [9.17, 15) is 0 Å². The third-order valence-corrected chi connectivity index (χ3v) is 4.99. The predicted molar refractivity (Wildman–Crippen MR) is 90.1 cm³/mol. The number of benzene rings is 1. The average molecular weight is 301 g/mol. The highest BCUT2D eigenvalue weighted by atomic mass is 35.5. The van der Waals surface area contributed by atoms with E-state index in [1.165, 1.54) is 28.1 Å². The zero-order chi connectivity index (χ0) is 15.1. The lowest BCUT2D eigenvalue weighted by Gasteiger charge is -2.31. The van der Waals surface area contributed by atoms with Crippen LogP contribution in [0.2, 0.25) is 5.02 Å². The largest absolute Gasteiger partial charge is 0.344 e. The van der Waals surface area contributed by atoms with Gasteiger partial charge >= 0.3 is 0 Å². The molecule has 0 aliphatic carbocycles. The number of nitrogens with one attached hydrogen (secondary N) is 1. The molecule has 2 nitrogen and oxygen atoms in total. The van der Waals surface area contributed by atoms with Gasteiger partial charge in [0.15, 0.2) is 0 Å². The van der Waals surface area contributed by atoms with E-state index in [-0.39, 0.29) is 0 Å². The van der Waals surface area contributed by atoms with Gasteiger partial charge in [-0.25, -0.2) is 4.99 Å². The van der Waals surface area contributed by atoms with Gasteiger partial charge in [0, 0.05) is 33.8 Å². The van der Waals surface area contributed by atoms with Gasteiger partial charge in [-0.1, -0.05) is 30.7 Å². The first-order valence-electron chi connectivity index (χ1n) is 7.52. The quantitative estimate of drug-likeness (QED) is 0.753. The fourth-order valence-corrected chi connectivity index (χ4v) is 3.61. The zero-order valence-electron chi connectivity index (χ0n) is 13.0. The maximum atomic E-state index is 6.06. The number of aromatic amines is 1. The van der Waals surface area contributed by atoms with E-state index in [1.54, 1.807) is 0 Å². The Morgan fingerprint density at radius 2 is 1.81 bits per heavy atom.